The number of methoxy groups -OCH3 is 1. The van der Waals surface area contributed by atoms with Gasteiger partial charge in [-0.05, 0) is 45.6 Å². The van der Waals surface area contributed by atoms with Crippen LogP contribution in [0.15, 0.2) is 11.6 Å². The number of hydrogen-bond acceptors (Lipinski definition) is 8. The minimum Gasteiger partial charge on any atom is -0.496 e. The molecule has 1 fully saturated rings. The summed E-state index contributed by atoms with van der Waals surface area (Å²) in [4.78, 5) is 27.1. The molecule has 200 valence electrons. The number of nitrogens with zero attached hydrogens (tertiary/aromatic N) is 1. The Morgan fingerprint density at radius 3 is 2.64 bits per heavy atom. The van der Waals surface area contributed by atoms with Gasteiger partial charge in [0.05, 0.1) is 26.4 Å². The van der Waals surface area contributed by atoms with Crippen LogP contribution in [0, 0.1) is 6.92 Å². The number of benzene rings is 1. The Morgan fingerprint density at radius 1 is 1.19 bits per heavy atom. The van der Waals surface area contributed by atoms with Gasteiger partial charge in [-0.1, -0.05) is 25.0 Å². The van der Waals surface area contributed by atoms with Crippen LogP contribution in [0.2, 0.25) is 0 Å². The van der Waals surface area contributed by atoms with E-state index in [1.807, 2.05) is 20.8 Å². The van der Waals surface area contributed by atoms with Crippen LogP contribution in [-0.2, 0) is 32.0 Å². The highest BCUT2D eigenvalue weighted by Gasteiger charge is 2.33. The maximum Gasteiger partial charge on any atom is 0.342 e. The Kier molecular flexibility index (Phi) is 10.6. The molecule has 0 saturated carbocycles. The van der Waals surface area contributed by atoms with Crippen molar-refractivity contribution in [2.24, 2.45) is 0 Å². The molecule has 0 amide bonds. The maximum atomic E-state index is 12.6. The average molecular weight is 504 g/mol. The lowest BCUT2D eigenvalue weighted by Gasteiger charge is -2.26. The molecule has 0 aliphatic carbocycles. The number of carbonyl (C=O) groups is 2. The smallest absolute Gasteiger partial charge is 0.342 e. The average Bonchev–Trinajstić information content (AvgIpc) is 3.26. The summed E-state index contributed by atoms with van der Waals surface area (Å²) in [6.45, 7) is 12.7. The van der Waals surface area contributed by atoms with Crippen molar-refractivity contribution >= 4 is 11.9 Å². The van der Waals surface area contributed by atoms with Crippen LogP contribution in [0.4, 0.5) is 0 Å². The van der Waals surface area contributed by atoms with Crippen LogP contribution in [0.25, 0.3) is 0 Å². The maximum absolute atomic E-state index is 12.6. The quantitative estimate of drug-likeness (QED) is 0.290. The molecule has 1 aromatic rings. The molecule has 0 radical (unpaired) electrons. The Hall–Kier alpha value is -2.58. The molecule has 0 spiro atoms. The van der Waals surface area contributed by atoms with Gasteiger partial charge < -0.3 is 23.7 Å². The van der Waals surface area contributed by atoms with Gasteiger partial charge in [-0.15, -0.1) is 0 Å². The molecule has 2 aliphatic rings. The van der Waals surface area contributed by atoms with Crippen LogP contribution >= 0.6 is 0 Å². The Bertz CT molecular complexity index is 950. The fraction of sp³-hybridized carbons (Fsp3) is 0.643. The summed E-state index contributed by atoms with van der Waals surface area (Å²) in [6, 6.07) is 0. The third-order valence-electron chi connectivity index (χ3n) is 6.79. The first-order valence-corrected chi connectivity index (χ1v) is 13.0. The van der Waals surface area contributed by atoms with Crippen molar-refractivity contribution in [1.29, 1.82) is 0 Å². The number of ether oxygens (including phenoxy) is 5. The number of carbonyl (C=O) groups excluding carboxylic acids is 2. The third kappa shape index (κ3) is 7.23. The van der Waals surface area contributed by atoms with Crippen LogP contribution in [0.3, 0.4) is 0 Å². The molecular formula is C28H41NO7. The van der Waals surface area contributed by atoms with Crippen molar-refractivity contribution in [3.05, 3.63) is 33.9 Å². The van der Waals surface area contributed by atoms with Crippen molar-refractivity contribution in [3.63, 3.8) is 0 Å². The fourth-order valence-electron chi connectivity index (χ4n) is 4.67. The third-order valence-corrected chi connectivity index (χ3v) is 6.79. The van der Waals surface area contributed by atoms with Gasteiger partial charge in [-0.3, -0.25) is 9.69 Å². The first kappa shape index (κ1) is 28.0. The lowest BCUT2D eigenvalue weighted by atomic mass is 9.94. The molecule has 1 saturated heterocycles. The SMILES string of the molecule is CCCC(C)Oc1c(C/C=C(\C)CCC(=O)OCCN2CCOCC2)c(OC)c(C)c2c1C(=O)OC2. The van der Waals surface area contributed by atoms with E-state index in [0.29, 0.717) is 37.2 Å². The van der Waals surface area contributed by atoms with Crippen molar-refractivity contribution in [3.8, 4) is 11.5 Å². The largest absolute Gasteiger partial charge is 0.496 e. The van der Waals surface area contributed by atoms with E-state index in [4.69, 9.17) is 23.7 Å². The fourth-order valence-corrected chi connectivity index (χ4v) is 4.67. The normalized spacial score (nSPS) is 16.9. The molecule has 0 bridgehead atoms. The number of esters is 2. The highest BCUT2D eigenvalue weighted by atomic mass is 16.5. The van der Waals surface area contributed by atoms with Gasteiger partial charge in [0, 0.05) is 37.2 Å². The predicted molar refractivity (Wildman–Crippen MR) is 137 cm³/mol. The summed E-state index contributed by atoms with van der Waals surface area (Å²) in [5.74, 6) is 0.734. The van der Waals surface area contributed by atoms with Gasteiger partial charge in [0.25, 0.3) is 0 Å². The van der Waals surface area contributed by atoms with E-state index in [0.717, 1.165) is 73.7 Å². The molecule has 0 aromatic heterocycles. The van der Waals surface area contributed by atoms with E-state index >= 15 is 0 Å². The van der Waals surface area contributed by atoms with Gasteiger partial charge in [0.2, 0.25) is 0 Å². The Balaban J connectivity index is 1.66. The molecule has 36 heavy (non-hydrogen) atoms. The Labute approximate surface area is 214 Å². The van der Waals surface area contributed by atoms with E-state index < -0.39 is 0 Å². The van der Waals surface area contributed by atoms with Crippen LogP contribution < -0.4 is 9.47 Å². The van der Waals surface area contributed by atoms with Crippen molar-refractivity contribution in [2.75, 3.05) is 46.6 Å². The number of morpholine rings is 1. The molecule has 1 unspecified atom stereocenters. The van der Waals surface area contributed by atoms with Crippen molar-refractivity contribution < 1.29 is 33.3 Å². The first-order chi connectivity index (χ1) is 17.3. The van der Waals surface area contributed by atoms with Gasteiger partial charge in [-0.25, -0.2) is 4.79 Å². The molecule has 2 aliphatic heterocycles. The Morgan fingerprint density at radius 2 is 1.94 bits per heavy atom. The van der Waals surface area contributed by atoms with Crippen LogP contribution in [0.5, 0.6) is 11.5 Å². The van der Waals surface area contributed by atoms with E-state index in [1.165, 1.54) is 0 Å². The van der Waals surface area contributed by atoms with E-state index in [-0.39, 0.29) is 24.6 Å². The second-order valence-corrected chi connectivity index (χ2v) is 9.54. The number of hydrogen-bond donors (Lipinski definition) is 0. The van der Waals surface area contributed by atoms with Gasteiger partial charge in [0.15, 0.2) is 0 Å². The topological polar surface area (TPSA) is 83.5 Å². The highest BCUT2D eigenvalue weighted by molar-refractivity contribution is 5.98. The minimum absolute atomic E-state index is 0.0454. The van der Waals surface area contributed by atoms with E-state index in [1.54, 1.807) is 7.11 Å². The zero-order chi connectivity index (χ0) is 26.1. The molecule has 0 N–H and O–H groups in total. The number of cyclic esters (lactones) is 1. The lowest BCUT2D eigenvalue weighted by molar-refractivity contribution is -0.144. The summed E-state index contributed by atoms with van der Waals surface area (Å²) in [7, 11) is 1.64. The molecule has 1 aromatic carbocycles. The van der Waals surface area contributed by atoms with Gasteiger partial charge in [-0.2, -0.15) is 0 Å². The van der Waals surface area contributed by atoms with E-state index in [2.05, 4.69) is 17.9 Å². The zero-order valence-corrected chi connectivity index (χ0v) is 22.4. The van der Waals surface area contributed by atoms with Crippen molar-refractivity contribution in [2.45, 2.75) is 72.5 Å². The standard InChI is InChI=1S/C28H41NO7/c1-6-7-20(3)36-27-22(26(32-5)21(4)23-18-35-28(31)25(23)27)10-8-19(2)9-11-24(30)34-17-14-29-12-15-33-16-13-29/h8,20H,6-7,9-18H2,1-5H3/b19-8+. The van der Waals surface area contributed by atoms with Crippen molar-refractivity contribution in [1.82, 2.24) is 4.90 Å². The highest BCUT2D eigenvalue weighted by Crippen LogP contribution is 2.43. The molecule has 8 nitrogen and oxygen atoms in total. The lowest BCUT2D eigenvalue weighted by Crippen LogP contribution is -2.38. The minimum atomic E-state index is -0.351. The van der Waals surface area contributed by atoms with Gasteiger partial charge >= 0.3 is 11.9 Å². The summed E-state index contributed by atoms with van der Waals surface area (Å²) in [5.41, 5.74) is 4.15. The van der Waals surface area contributed by atoms with E-state index in [9.17, 15) is 9.59 Å². The molecule has 8 heteroatoms. The summed E-state index contributed by atoms with van der Waals surface area (Å²) < 4.78 is 28.2. The van der Waals surface area contributed by atoms with Crippen LogP contribution in [-0.4, -0.2) is 69.5 Å². The summed E-state index contributed by atoms with van der Waals surface area (Å²) >= 11 is 0. The molecule has 2 heterocycles. The molecule has 3 rings (SSSR count). The molecule has 1 atom stereocenters. The second-order valence-electron chi connectivity index (χ2n) is 9.54. The number of allylic oxidation sites excluding steroid dienone is 2. The first-order valence-electron chi connectivity index (χ1n) is 13.0. The number of rotatable bonds is 13. The molecular weight excluding hydrogens is 462 g/mol. The predicted octanol–water partition coefficient (Wildman–Crippen LogP) is 4.39. The van der Waals surface area contributed by atoms with Gasteiger partial charge in [0.1, 0.15) is 30.3 Å². The second kappa shape index (κ2) is 13.7. The zero-order valence-electron chi connectivity index (χ0n) is 22.4. The number of fused-ring (bicyclic) bond motifs is 1. The summed E-state index contributed by atoms with van der Waals surface area (Å²) in [5, 5.41) is 0. The van der Waals surface area contributed by atoms with Crippen LogP contribution in [0.1, 0.15) is 73.5 Å². The monoisotopic (exact) mass is 503 g/mol. The summed E-state index contributed by atoms with van der Waals surface area (Å²) in [6.07, 6.45) is 5.34.